The van der Waals surface area contributed by atoms with Crippen molar-refractivity contribution in [2.45, 2.75) is 51.4 Å². The number of aliphatic hydroxyl groups is 2. The number of nitrogens with two attached hydrogens (primary N) is 1. The lowest BCUT2D eigenvalue weighted by molar-refractivity contribution is -0.138. The van der Waals surface area contributed by atoms with E-state index in [1.54, 1.807) is 13.8 Å². The normalized spacial score (nSPS) is 16.6. The van der Waals surface area contributed by atoms with Crippen LogP contribution in [0.2, 0.25) is 0 Å². The first kappa shape index (κ1) is 17.3. The number of hydrogen-bond acceptors (Lipinski definition) is 5. The van der Waals surface area contributed by atoms with Crippen molar-refractivity contribution < 1.29 is 20.1 Å². The molecular formula is C12H26N2O4. The van der Waals surface area contributed by atoms with E-state index in [0.717, 1.165) is 19.4 Å². The summed E-state index contributed by atoms with van der Waals surface area (Å²) in [6.07, 6.45) is 1.10. The molecular weight excluding hydrogens is 236 g/mol. The van der Waals surface area contributed by atoms with Gasteiger partial charge in [0.15, 0.2) is 0 Å². The van der Waals surface area contributed by atoms with Crippen molar-refractivity contribution >= 4 is 5.97 Å². The molecule has 6 nitrogen and oxygen atoms in total. The van der Waals surface area contributed by atoms with Crippen LogP contribution < -0.4 is 5.73 Å². The molecule has 0 bridgehead atoms. The number of rotatable bonds is 10. The van der Waals surface area contributed by atoms with Gasteiger partial charge in [-0.25, -0.2) is 0 Å². The predicted molar refractivity (Wildman–Crippen MR) is 69.3 cm³/mol. The highest BCUT2D eigenvalue weighted by Crippen LogP contribution is 2.03. The summed E-state index contributed by atoms with van der Waals surface area (Å²) in [6, 6.07) is -0.799. The Morgan fingerprint density at radius 3 is 2.06 bits per heavy atom. The van der Waals surface area contributed by atoms with Gasteiger partial charge < -0.3 is 21.1 Å². The number of nitrogens with zero attached hydrogens (tertiary/aromatic N) is 1. The third kappa shape index (κ3) is 9.35. The number of unbranched alkanes of at least 4 members (excludes halogenated alkanes) is 1. The molecule has 108 valence electrons. The average Bonchev–Trinajstić information content (AvgIpc) is 2.21. The molecule has 0 aromatic carbocycles. The second kappa shape index (κ2) is 9.27. The van der Waals surface area contributed by atoms with E-state index in [9.17, 15) is 15.0 Å². The van der Waals surface area contributed by atoms with Crippen molar-refractivity contribution in [3.05, 3.63) is 0 Å². The summed E-state index contributed by atoms with van der Waals surface area (Å²) in [5.41, 5.74) is 5.40. The van der Waals surface area contributed by atoms with Gasteiger partial charge >= 0.3 is 5.97 Å². The Morgan fingerprint density at radius 1 is 1.17 bits per heavy atom. The zero-order chi connectivity index (χ0) is 14.1. The fraction of sp³-hybridized carbons (Fsp3) is 0.917. The monoisotopic (exact) mass is 262 g/mol. The summed E-state index contributed by atoms with van der Waals surface area (Å²) < 4.78 is 0. The maximum atomic E-state index is 10.5. The van der Waals surface area contributed by atoms with Gasteiger partial charge in [0.2, 0.25) is 0 Å². The largest absolute Gasteiger partial charge is 0.480 e. The highest BCUT2D eigenvalue weighted by atomic mass is 16.4. The van der Waals surface area contributed by atoms with Crippen LogP contribution in [-0.4, -0.2) is 64.1 Å². The molecule has 0 saturated heterocycles. The Morgan fingerprint density at radius 2 is 1.67 bits per heavy atom. The van der Waals surface area contributed by atoms with Crippen LogP contribution in [0.4, 0.5) is 0 Å². The predicted octanol–water partition coefficient (Wildman–Crippen LogP) is -0.368. The molecule has 0 radical (unpaired) electrons. The first-order chi connectivity index (χ1) is 8.32. The second-order valence-electron chi connectivity index (χ2n) is 4.90. The Kier molecular flexibility index (Phi) is 8.91. The van der Waals surface area contributed by atoms with Crippen molar-refractivity contribution in [1.29, 1.82) is 0 Å². The molecule has 0 rings (SSSR count). The van der Waals surface area contributed by atoms with E-state index < -0.39 is 24.2 Å². The maximum Gasteiger partial charge on any atom is 0.320 e. The first-order valence-electron chi connectivity index (χ1n) is 6.39. The summed E-state index contributed by atoms with van der Waals surface area (Å²) in [7, 11) is 0. The van der Waals surface area contributed by atoms with Crippen LogP contribution in [0.1, 0.15) is 33.1 Å². The van der Waals surface area contributed by atoms with E-state index in [0.29, 0.717) is 19.5 Å². The molecule has 18 heavy (non-hydrogen) atoms. The standard InChI is InChI=1S/C12H26N2O4/c1-9(15)7-14(8-10(2)16)6-4-3-5-11(13)12(17)18/h9-11,15-16H,3-8,13H2,1-2H3,(H,17,18)/t9-,10-,11?/m1/s1. The van der Waals surface area contributed by atoms with E-state index in [1.165, 1.54) is 0 Å². The van der Waals surface area contributed by atoms with Gasteiger partial charge in [-0.2, -0.15) is 0 Å². The zero-order valence-corrected chi connectivity index (χ0v) is 11.2. The molecule has 0 aliphatic carbocycles. The molecule has 5 N–H and O–H groups in total. The van der Waals surface area contributed by atoms with Gasteiger partial charge in [0.25, 0.3) is 0 Å². The highest BCUT2D eigenvalue weighted by Gasteiger charge is 2.13. The third-order valence-corrected chi connectivity index (χ3v) is 2.60. The minimum atomic E-state index is -0.972. The Hall–Kier alpha value is -0.690. The minimum Gasteiger partial charge on any atom is -0.480 e. The van der Waals surface area contributed by atoms with Crippen molar-refractivity contribution in [2.75, 3.05) is 19.6 Å². The van der Waals surface area contributed by atoms with Gasteiger partial charge in [-0.15, -0.1) is 0 Å². The number of hydrogen-bond donors (Lipinski definition) is 4. The molecule has 1 unspecified atom stereocenters. The van der Waals surface area contributed by atoms with Gasteiger partial charge in [-0.05, 0) is 33.2 Å². The van der Waals surface area contributed by atoms with Gasteiger partial charge in [-0.1, -0.05) is 6.42 Å². The molecule has 0 aliphatic heterocycles. The lowest BCUT2D eigenvalue weighted by Gasteiger charge is -2.25. The van der Waals surface area contributed by atoms with Crippen LogP contribution in [-0.2, 0) is 4.79 Å². The van der Waals surface area contributed by atoms with Crippen molar-refractivity contribution in [3.8, 4) is 0 Å². The Bertz CT molecular complexity index is 224. The highest BCUT2D eigenvalue weighted by molar-refractivity contribution is 5.72. The summed E-state index contributed by atoms with van der Waals surface area (Å²) >= 11 is 0. The Labute approximate surface area is 108 Å². The molecule has 0 fully saturated rings. The van der Waals surface area contributed by atoms with E-state index >= 15 is 0 Å². The maximum absolute atomic E-state index is 10.5. The smallest absolute Gasteiger partial charge is 0.320 e. The first-order valence-corrected chi connectivity index (χ1v) is 6.39. The molecule has 3 atom stereocenters. The van der Waals surface area contributed by atoms with Crippen LogP contribution >= 0.6 is 0 Å². The Balaban J connectivity index is 3.85. The fourth-order valence-electron chi connectivity index (χ4n) is 1.83. The van der Waals surface area contributed by atoms with Gasteiger partial charge in [-0.3, -0.25) is 9.69 Å². The van der Waals surface area contributed by atoms with E-state index in [1.807, 2.05) is 4.90 Å². The van der Waals surface area contributed by atoms with Gasteiger partial charge in [0.05, 0.1) is 12.2 Å². The van der Waals surface area contributed by atoms with E-state index in [4.69, 9.17) is 10.8 Å². The van der Waals surface area contributed by atoms with Gasteiger partial charge in [0.1, 0.15) is 6.04 Å². The third-order valence-electron chi connectivity index (χ3n) is 2.60. The van der Waals surface area contributed by atoms with Crippen LogP contribution in [0.25, 0.3) is 0 Å². The molecule has 0 aromatic rings. The van der Waals surface area contributed by atoms with Crippen molar-refractivity contribution in [3.63, 3.8) is 0 Å². The molecule has 0 aliphatic rings. The summed E-state index contributed by atoms with van der Waals surface area (Å²) in [5.74, 6) is -0.972. The number of aliphatic carboxylic acids is 1. The topological polar surface area (TPSA) is 107 Å². The van der Waals surface area contributed by atoms with E-state index in [-0.39, 0.29) is 0 Å². The molecule has 0 heterocycles. The number of carbonyl (C=O) groups is 1. The van der Waals surface area contributed by atoms with Crippen LogP contribution in [0, 0.1) is 0 Å². The zero-order valence-electron chi connectivity index (χ0n) is 11.2. The summed E-state index contributed by atoms with van der Waals surface area (Å²) in [5, 5.41) is 27.3. The quantitative estimate of drug-likeness (QED) is 0.400. The van der Waals surface area contributed by atoms with Gasteiger partial charge in [0, 0.05) is 13.1 Å². The van der Waals surface area contributed by atoms with E-state index in [2.05, 4.69) is 0 Å². The van der Waals surface area contributed by atoms with Crippen molar-refractivity contribution in [2.24, 2.45) is 5.73 Å². The molecule has 0 saturated carbocycles. The summed E-state index contributed by atoms with van der Waals surface area (Å²) in [4.78, 5) is 12.5. The number of carboxylic acids is 1. The molecule has 0 aromatic heterocycles. The molecule has 0 spiro atoms. The number of carboxylic acid groups (broad SMARTS) is 1. The number of aliphatic hydroxyl groups excluding tert-OH is 2. The van der Waals surface area contributed by atoms with Crippen molar-refractivity contribution in [1.82, 2.24) is 4.90 Å². The molecule has 6 heteroatoms. The minimum absolute atomic E-state index is 0.440. The van der Waals surface area contributed by atoms with Crippen LogP contribution in [0.5, 0.6) is 0 Å². The summed E-state index contributed by atoms with van der Waals surface area (Å²) in [6.45, 7) is 5.15. The lowest BCUT2D eigenvalue weighted by Crippen LogP contribution is -2.37. The SMILES string of the molecule is C[C@@H](O)CN(CCCCC(N)C(=O)O)C[C@@H](C)O. The average molecular weight is 262 g/mol. The van der Waals surface area contributed by atoms with Crippen LogP contribution in [0.3, 0.4) is 0 Å². The van der Waals surface area contributed by atoms with Crippen LogP contribution in [0.15, 0.2) is 0 Å². The fourth-order valence-corrected chi connectivity index (χ4v) is 1.83. The molecule has 0 amide bonds. The lowest BCUT2D eigenvalue weighted by atomic mass is 10.1. The second-order valence-corrected chi connectivity index (χ2v) is 4.90.